The van der Waals surface area contributed by atoms with Crippen LogP contribution in [-0.2, 0) is 0 Å². The molecule has 2 fully saturated rings. The third-order valence-corrected chi connectivity index (χ3v) is 7.51. The van der Waals surface area contributed by atoms with Crippen molar-refractivity contribution in [2.45, 2.75) is 12.5 Å². The van der Waals surface area contributed by atoms with E-state index in [9.17, 15) is 14.0 Å². The van der Waals surface area contributed by atoms with Crippen molar-refractivity contribution < 1.29 is 14.0 Å². The Bertz CT molecular complexity index is 1190. The number of fused-ring (bicyclic) bond motifs is 1. The minimum absolute atomic E-state index is 0.0361. The number of hydrogen-bond donors (Lipinski definition) is 1. The van der Waals surface area contributed by atoms with E-state index in [0.717, 1.165) is 31.6 Å². The number of pyridine rings is 1. The van der Waals surface area contributed by atoms with E-state index in [1.807, 2.05) is 30.3 Å². The van der Waals surface area contributed by atoms with Crippen molar-refractivity contribution >= 4 is 23.4 Å². The summed E-state index contributed by atoms with van der Waals surface area (Å²) in [5.41, 5.74) is 1.56. The number of nitrogens with one attached hydrogen (secondary N) is 1. The van der Waals surface area contributed by atoms with Crippen LogP contribution in [0.1, 0.15) is 38.7 Å². The highest BCUT2D eigenvalue weighted by Gasteiger charge is 2.42. The topological polar surface area (TPSA) is 65.5 Å². The largest absolute Gasteiger partial charge is 0.345 e. The summed E-state index contributed by atoms with van der Waals surface area (Å²) in [6.45, 7) is 3.77. The molecule has 186 valence electrons. The Labute approximate surface area is 215 Å². The molecule has 3 aromatic rings. The van der Waals surface area contributed by atoms with E-state index in [1.165, 1.54) is 12.1 Å². The maximum absolute atomic E-state index is 14.2. The summed E-state index contributed by atoms with van der Waals surface area (Å²) in [5, 5.41) is 3.32. The van der Waals surface area contributed by atoms with Crippen LogP contribution in [0, 0.1) is 17.7 Å². The third kappa shape index (κ3) is 5.27. The second-order valence-electron chi connectivity index (χ2n) is 9.55. The monoisotopic (exact) mass is 506 g/mol. The van der Waals surface area contributed by atoms with Crippen LogP contribution in [0.25, 0.3) is 0 Å². The van der Waals surface area contributed by atoms with E-state index in [0.29, 0.717) is 30.5 Å². The molecule has 2 amide bonds. The second-order valence-corrected chi connectivity index (χ2v) is 9.96. The van der Waals surface area contributed by atoms with E-state index in [4.69, 9.17) is 11.6 Å². The van der Waals surface area contributed by atoms with Crippen LogP contribution in [-0.4, -0.2) is 59.3 Å². The Kier molecular flexibility index (Phi) is 7.30. The van der Waals surface area contributed by atoms with E-state index < -0.39 is 5.82 Å². The molecule has 2 aliphatic heterocycles. The molecule has 2 saturated heterocycles. The van der Waals surface area contributed by atoms with Crippen LogP contribution in [0.4, 0.5) is 4.39 Å². The van der Waals surface area contributed by atoms with Crippen LogP contribution in [0.5, 0.6) is 0 Å². The fourth-order valence-electron chi connectivity index (χ4n) is 5.36. The Hall–Kier alpha value is -3.29. The summed E-state index contributed by atoms with van der Waals surface area (Å²) in [6.07, 6.45) is 3.98. The van der Waals surface area contributed by atoms with Crippen LogP contribution >= 0.6 is 11.6 Å². The van der Waals surface area contributed by atoms with Gasteiger partial charge in [-0.3, -0.25) is 14.6 Å². The highest BCUT2D eigenvalue weighted by atomic mass is 35.5. The summed E-state index contributed by atoms with van der Waals surface area (Å²) >= 11 is 6.11. The van der Waals surface area contributed by atoms with Gasteiger partial charge in [0, 0.05) is 45.1 Å². The van der Waals surface area contributed by atoms with Gasteiger partial charge in [0.15, 0.2) is 0 Å². The molecule has 6 nitrogen and oxygen atoms in total. The van der Waals surface area contributed by atoms with Crippen LogP contribution in [0.2, 0.25) is 5.02 Å². The third-order valence-electron chi connectivity index (χ3n) is 7.19. The van der Waals surface area contributed by atoms with E-state index >= 15 is 0 Å². The van der Waals surface area contributed by atoms with Gasteiger partial charge in [-0.05, 0) is 48.1 Å². The number of halogens is 2. The summed E-state index contributed by atoms with van der Waals surface area (Å²) < 4.78 is 14.2. The molecule has 1 aromatic heterocycles. The van der Waals surface area contributed by atoms with Gasteiger partial charge < -0.3 is 15.1 Å². The lowest BCUT2D eigenvalue weighted by atomic mass is 10.0. The maximum Gasteiger partial charge on any atom is 0.258 e. The van der Waals surface area contributed by atoms with Crippen LogP contribution in [0.15, 0.2) is 73.1 Å². The van der Waals surface area contributed by atoms with Gasteiger partial charge in [-0.25, -0.2) is 4.39 Å². The van der Waals surface area contributed by atoms with Gasteiger partial charge in [0.05, 0.1) is 22.2 Å². The maximum atomic E-state index is 14.2. The average Bonchev–Trinajstić information content (AvgIpc) is 3.46. The number of nitrogens with zero attached hydrogens (tertiary/aromatic N) is 3. The van der Waals surface area contributed by atoms with Crippen molar-refractivity contribution in [1.29, 1.82) is 0 Å². The summed E-state index contributed by atoms with van der Waals surface area (Å²) in [6, 6.07) is 17.7. The lowest BCUT2D eigenvalue weighted by molar-refractivity contribution is 0.0769. The van der Waals surface area contributed by atoms with Crippen LogP contribution in [0.3, 0.4) is 0 Å². The van der Waals surface area contributed by atoms with Gasteiger partial charge in [0.25, 0.3) is 11.8 Å². The lowest BCUT2D eigenvalue weighted by Gasteiger charge is -2.25. The quantitative estimate of drug-likeness (QED) is 0.514. The number of carbonyl (C=O) groups is 2. The molecule has 1 N–H and O–H groups in total. The molecule has 0 bridgehead atoms. The highest BCUT2D eigenvalue weighted by Crippen LogP contribution is 2.33. The number of hydrogen-bond acceptors (Lipinski definition) is 4. The Morgan fingerprint density at radius 2 is 1.75 bits per heavy atom. The lowest BCUT2D eigenvalue weighted by Crippen LogP contribution is -2.35. The molecule has 0 spiro atoms. The van der Waals surface area contributed by atoms with Crippen molar-refractivity contribution in [1.82, 2.24) is 20.1 Å². The van der Waals surface area contributed by atoms with Gasteiger partial charge in [-0.1, -0.05) is 48.0 Å². The first kappa shape index (κ1) is 24.4. The molecule has 0 aliphatic carbocycles. The minimum atomic E-state index is -0.577. The molecule has 2 unspecified atom stereocenters. The number of amides is 2. The molecule has 2 aliphatic rings. The SMILES string of the molecule is O=C(N[C@@H](CCN1CC2CN(C(=O)c3c(F)cccc3Cl)CC2C1)c1ccccc1)c1cccnc1. The van der Waals surface area contributed by atoms with Crippen molar-refractivity contribution in [2.75, 3.05) is 32.7 Å². The normalized spacial score (nSPS) is 20.2. The van der Waals surface area contributed by atoms with Gasteiger partial charge in [-0.2, -0.15) is 0 Å². The number of carbonyl (C=O) groups excluding carboxylic acids is 2. The zero-order valence-electron chi connectivity index (χ0n) is 19.8. The number of rotatable bonds is 7. The van der Waals surface area contributed by atoms with Crippen LogP contribution < -0.4 is 5.32 Å². The molecule has 3 atom stereocenters. The molecule has 36 heavy (non-hydrogen) atoms. The predicted octanol–water partition coefficient (Wildman–Crippen LogP) is 4.44. The molecule has 8 heteroatoms. The molecule has 0 saturated carbocycles. The predicted molar refractivity (Wildman–Crippen MR) is 136 cm³/mol. The van der Waals surface area contributed by atoms with Gasteiger partial charge in [-0.15, -0.1) is 0 Å². The Morgan fingerprint density at radius 1 is 1.00 bits per heavy atom. The Balaban J connectivity index is 1.19. The fraction of sp³-hybridized carbons (Fsp3) is 0.321. The zero-order valence-corrected chi connectivity index (χ0v) is 20.6. The van der Waals surface area contributed by atoms with Gasteiger partial charge >= 0.3 is 0 Å². The fourth-order valence-corrected chi connectivity index (χ4v) is 5.60. The summed E-state index contributed by atoms with van der Waals surface area (Å²) in [4.78, 5) is 33.9. The molecule has 2 aromatic carbocycles. The van der Waals surface area contributed by atoms with Crippen molar-refractivity contribution in [3.63, 3.8) is 0 Å². The van der Waals surface area contributed by atoms with Gasteiger partial charge in [0.2, 0.25) is 0 Å². The summed E-state index contributed by atoms with van der Waals surface area (Å²) in [5.74, 6) is -0.358. The Morgan fingerprint density at radius 3 is 2.42 bits per heavy atom. The van der Waals surface area contributed by atoms with Crippen molar-refractivity contribution in [2.24, 2.45) is 11.8 Å². The number of aromatic nitrogens is 1. The first-order valence-electron chi connectivity index (χ1n) is 12.2. The first-order chi connectivity index (χ1) is 17.5. The smallest absolute Gasteiger partial charge is 0.258 e. The molecular formula is C28H28ClFN4O2. The number of benzene rings is 2. The highest BCUT2D eigenvalue weighted by molar-refractivity contribution is 6.33. The van der Waals surface area contributed by atoms with E-state index in [1.54, 1.807) is 35.5 Å². The van der Waals surface area contributed by atoms with Crippen molar-refractivity contribution in [3.05, 3.63) is 101 Å². The van der Waals surface area contributed by atoms with Gasteiger partial charge in [0.1, 0.15) is 5.82 Å². The van der Waals surface area contributed by atoms with E-state index in [2.05, 4.69) is 15.2 Å². The van der Waals surface area contributed by atoms with Crippen molar-refractivity contribution in [3.8, 4) is 0 Å². The standard InChI is InChI=1S/C28H28ClFN4O2/c29-23-9-4-10-24(30)26(23)28(36)34-17-21-15-33(16-22(21)18-34)13-11-25(19-6-2-1-3-7-19)32-27(35)20-8-5-12-31-14-20/h1-10,12,14,21-22,25H,11,13,15-18H2,(H,32,35)/t21?,22?,25-/m0/s1. The van der Waals surface area contributed by atoms with E-state index in [-0.39, 0.29) is 28.4 Å². The summed E-state index contributed by atoms with van der Waals surface area (Å²) in [7, 11) is 0. The molecule has 5 rings (SSSR count). The second kappa shape index (κ2) is 10.8. The zero-order chi connectivity index (χ0) is 25.1. The molecular weight excluding hydrogens is 479 g/mol. The molecule has 3 heterocycles. The average molecular weight is 507 g/mol. The minimum Gasteiger partial charge on any atom is -0.345 e. The molecule has 0 radical (unpaired) electrons. The number of likely N-dealkylation sites (tertiary alicyclic amines) is 2. The first-order valence-corrected chi connectivity index (χ1v) is 12.6.